The van der Waals surface area contributed by atoms with Crippen molar-refractivity contribution >= 4 is 39.2 Å². The second-order valence-corrected chi connectivity index (χ2v) is 9.82. The fourth-order valence-electron chi connectivity index (χ4n) is 3.65. The zero-order valence-corrected chi connectivity index (χ0v) is 21.7. The summed E-state index contributed by atoms with van der Waals surface area (Å²) in [5.74, 6) is -0.429. The van der Waals surface area contributed by atoms with Crippen LogP contribution in [0.2, 0.25) is 0 Å². The smallest absolute Gasteiger partial charge is 0.748 e. The van der Waals surface area contributed by atoms with Gasteiger partial charge in [0.25, 0.3) is 0 Å². The maximum Gasteiger partial charge on any atom is 1.00 e. The van der Waals surface area contributed by atoms with Crippen molar-refractivity contribution in [2.45, 2.75) is 30.6 Å². The Balaban J connectivity index is 0.00000363. The maximum atomic E-state index is 11.1. The summed E-state index contributed by atoms with van der Waals surface area (Å²) in [6, 6.07) is 15.3. The Morgan fingerprint density at radius 2 is 1.91 bits per heavy atom. The van der Waals surface area contributed by atoms with Crippen molar-refractivity contribution in [3.05, 3.63) is 66.4 Å². The molecular formula is C21H23N2NaO6S2. The molecule has 0 unspecified atom stereocenters. The fourth-order valence-corrected chi connectivity index (χ4v) is 4.53. The maximum absolute atomic E-state index is 11.1. The van der Waals surface area contributed by atoms with Gasteiger partial charge in [0.2, 0.25) is 5.69 Å². The van der Waals surface area contributed by atoms with E-state index < -0.39 is 21.3 Å². The first-order valence-electron chi connectivity index (χ1n) is 9.57. The third-order valence-corrected chi connectivity index (χ3v) is 6.42. The molecule has 0 saturated heterocycles. The summed E-state index contributed by atoms with van der Waals surface area (Å²) < 4.78 is 39.7. The van der Waals surface area contributed by atoms with E-state index in [4.69, 9.17) is 0 Å². The van der Waals surface area contributed by atoms with Crippen LogP contribution < -0.4 is 40.1 Å². The predicted octanol–water partition coefficient (Wildman–Crippen LogP) is -0.141. The third kappa shape index (κ3) is 6.89. The molecule has 32 heavy (non-hydrogen) atoms. The van der Waals surface area contributed by atoms with Gasteiger partial charge < -0.3 is 15.1 Å². The van der Waals surface area contributed by atoms with Crippen molar-refractivity contribution < 1.29 is 61.7 Å². The standard InChI is InChI=1S/C21H24N2O6S2.Na/c1-21(2)18-15-17(30-29-28-24)9-10-19(18)23(13-6-14-31(25,26)27)20(21)11-12-22-16-7-4-3-5-8-16;/h3-5,7-12,15H,6,13-14H2,1-2H3,(H2,24,25,26,27);/q;+1/p-1. The molecule has 0 radical (unpaired) electrons. The number of nitrogens with one attached hydrogen (secondary N) is 1. The number of fused-ring (bicyclic) bond motifs is 1. The molecule has 0 saturated carbocycles. The van der Waals surface area contributed by atoms with Crippen LogP contribution in [-0.2, 0) is 24.9 Å². The zero-order valence-electron chi connectivity index (χ0n) is 18.1. The molecule has 0 spiro atoms. The second-order valence-electron chi connectivity index (χ2n) is 7.52. The summed E-state index contributed by atoms with van der Waals surface area (Å²) in [6.07, 6.45) is 3.98. The summed E-state index contributed by atoms with van der Waals surface area (Å²) in [5, 5.41) is 16.8. The van der Waals surface area contributed by atoms with E-state index >= 15 is 0 Å². The Morgan fingerprint density at radius 3 is 2.56 bits per heavy atom. The monoisotopic (exact) mass is 486 g/mol. The van der Waals surface area contributed by atoms with E-state index in [2.05, 4.69) is 28.5 Å². The summed E-state index contributed by atoms with van der Waals surface area (Å²) in [6.45, 7) is 4.48. The van der Waals surface area contributed by atoms with E-state index in [-0.39, 0.29) is 36.0 Å². The molecule has 8 nitrogen and oxygen atoms in total. The fraction of sp³-hybridized carbons (Fsp3) is 0.286. The molecular weight excluding hydrogens is 463 g/mol. The molecule has 0 aromatic heterocycles. The van der Waals surface area contributed by atoms with Crippen LogP contribution >= 0.6 is 12.0 Å². The number of hydrogen-bond acceptors (Lipinski definition) is 8. The van der Waals surface area contributed by atoms with Crippen LogP contribution in [0.15, 0.2) is 65.7 Å². The first-order chi connectivity index (χ1) is 14.7. The molecule has 166 valence electrons. The molecule has 0 fully saturated rings. The van der Waals surface area contributed by atoms with Gasteiger partial charge in [-0.25, -0.2) is 8.42 Å². The molecule has 0 atom stereocenters. The molecule has 1 N–H and O–H groups in total. The summed E-state index contributed by atoms with van der Waals surface area (Å²) >= 11 is 0.813. The quantitative estimate of drug-likeness (QED) is 0.123. The Labute approximate surface area is 214 Å². The SMILES string of the molecule is CC1(C)C(/C=C/Nc2ccccc2)=[N+](CCCS(=O)(=O)[O-])c2ccc(SOO[O-])cc21.[Na+]. The van der Waals surface area contributed by atoms with Gasteiger partial charge in [-0.2, -0.15) is 8.91 Å². The van der Waals surface area contributed by atoms with E-state index in [1.165, 1.54) is 0 Å². The van der Waals surface area contributed by atoms with Gasteiger partial charge in [0, 0.05) is 46.7 Å². The van der Waals surface area contributed by atoms with Gasteiger partial charge in [-0.1, -0.05) is 18.2 Å². The van der Waals surface area contributed by atoms with Gasteiger partial charge in [-0.05, 0) is 38.1 Å². The normalized spacial score (nSPS) is 15.0. The average molecular weight is 487 g/mol. The Hall–Kier alpha value is -1.21. The predicted molar refractivity (Wildman–Crippen MR) is 116 cm³/mol. The average Bonchev–Trinajstić information content (AvgIpc) is 2.93. The van der Waals surface area contributed by atoms with E-state index in [1.807, 2.05) is 59.3 Å². The van der Waals surface area contributed by atoms with Gasteiger partial charge in [-0.3, -0.25) is 5.04 Å². The first kappa shape index (κ1) is 27.0. The number of allylic oxidation sites excluding steroid dienone is 1. The van der Waals surface area contributed by atoms with E-state index in [0.29, 0.717) is 11.4 Å². The molecule has 1 aliphatic heterocycles. The molecule has 11 heteroatoms. The topological polar surface area (TPSA) is 114 Å². The van der Waals surface area contributed by atoms with Gasteiger partial charge in [0.15, 0.2) is 5.71 Å². The van der Waals surface area contributed by atoms with Crippen LogP contribution in [0.5, 0.6) is 0 Å². The van der Waals surface area contributed by atoms with Crippen molar-refractivity contribution in [2.75, 3.05) is 17.6 Å². The molecule has 0 aliphatic carbocycles. The third-order valence-electron chi connectivity index (χ3n) is 5.06. The Kier molecular flexibility index (Phi) is 9.95. The van der Waals surface area contributed by atoms with Gasteiger partial charge >= 0.3 is 29.6 Å². The van der Waals surface area contributed by atoms with Crippen molar-refractivity contribution in [3.8, 4) is 0 Å². The number of para-hydroxylation sites is 1. The summed E-state index contributed by atoms with van der Waals surface area (Å²) in [4.78, 5) is 0.692. The van der Waals surface area contributed by atoms with Gasteiger partial charge in [-0.15, -0.1) is 0 Å². The largest absolute Gasteiger partial charge is 1.00 e. The van der Waals surface area contributed by atoms with Crippen LogP contribution in [0, 0.1) is 0 Å². The van der Waals surface area contributed by atoms with Gasteiger partial charge in [0.05, 0.1) is 27.6 Å². The van der Waals surface area contributed by atoms with Crippen molar-refractivity contribution in [1.29, 1.82) is 0 Å². The number of benzene rings is 2. The molecule has 0 amide bonds. The van der Waals surface area contributed by atoms with Crippen molar-refractivity contribution in [3.63, 3.8) is 0 Å². The number of hydrogen-bond donors (Lipinski definition) is 1. The van der Waals surface area contributed by atoms with Crippen LogP contribution in [0.4, 0.5) is 11.4 Å². The van der Waals surface area contributed by atoms with Crippen molar-refractivity contribution in [1.82, 2.24) is 0 Å². The summed E-state index contributed by atoms with van der Waals surface area (Å²) in [7, 11) is -4.29. The van der Waals surface area contributed by atoms with Crippen LogP contribution in [0.3, 0.4) is 0 Å². The summed E-state index contributed by atoms with van der Waals surface area (Å²) in [5.41, 5.74) is 3.34. The van der Waals surface area contributed by atoms with Crippen molar-refractivity contribution in [2.24, 2.45) is 0 Å². The molecule has 0 bridgehead atoms. The molecule has 2 aromatic rings. The van der Waals surface area contributed by atoms with E-state index in [1.54, 1.807) is 6.07 Å². The molecule has 3 rings (SSSR count). The minimum atomic E-state index is -4.29. The molecule has 2 aromatic carbocycles. The van der Waals surface area contributed by atoms with E-state index in [9.17, 15) is 18.2 Å². The number of rotatable bonds is 10. The minimum absolute atomic E-state index is 0. The van der Waals surface area contributed by atoms with Gasteiger partial charge in [0.1, 0.15) is 6.54 Å². The van der Waals surface area contributed by atoms with Crippen LogP contribution in [0.25, 0.3) is 0 Å². The van der Waals surface area contributed by atoms with E-state index in [0.717, 1.165) is 34.7 Å². The zero-order chi connectivity index (χ0) is 22.5. The Bertz CT molecular complexity index is 1090. The first-order valence-corrected chi connectivity index (χ1v) is 11.9. The molecule has 1 aliphatic rings. The minimum Gasteiger partial charge on any atom is -0.748 e. The molecule has 1 heterocycles. The second kappa shape index (κ2) is 11.8. The Morgan fingerprint density at radius 1 is 1.19 bits per heavy atom. The van der Waals surface area contributed by atoms with Crippen LogP contribution in [-0.4, -0.2) is 35.6 Å². The number of nitrogens with zero attached hydrogens (tertiary/aromatic N) is 1. The van der Waals surface area contributed by atoms with Crippen LogP contribution in [0.1, 0.15) is 25.8 Å². The number of anilines is 1.